The van der Waals surface area contributed by atoms with Gasteiger partial charge in [-0.1, -0.05) is 13.8 Å². The van der Waals surface area contributed by atoms with E-state index in [4.69, 9.17) is 0 Å². The molecule has 2 aromatic rings. The Morgan fingerprint density at radius 1 is 1.32 bits per heavy atom. The van der Waals surface area contributed by atoms with E-state index in [1.54, 1.807) is 11.3 Å². The Labute approximate surface area is 118 Å². The van der Waals surface area contributed by atoms with Crippen LogP contribution in [0.2, 0.25) is 0 Å². The number of nitrogens with zero attached hydrogens (tertiary/aromatic N) is 3. The van der Waals surface area contributed by atoms with Crippen molar-refractivity contribution in [1.82, 2.24) is 19.9 Å². The van der Waals surface area contributed by atoms with Crippen molar-refractivity contribution in [3.05, 3.63) is 33.3 Å². The van der Waals surface area contributed by atoms with E-state index in [1.165, 1.54) is 10.6 Å². The molecule has 0 aliphatic rings. The van der Waals surface area contributed by atoms with Crippen LogP contribution < -0.4 is 5.32 Å². The second-order valence-corrected chi connectivity index (χ2v) is 6.46. The summed E-state index contributed by atoms with van der Waals surface area (Å²) in [6.07, 6.45) is 1.96. The number of aromatic nitrogens is 3. The minimum absolute atomic E-state index is 0.480. The molecule has 0 amide bonds. The maximum absolute atomic E-state index is 4.61. The largest absolute Gasteiger partial charge is 0.324 e. The highest BCUT2D eigenvalue weighted by atomic mass is 32.1. The van der Waals surface area contributed by atoms with Crippen LogP contribution in [-0.4, -0.2) is 20.6 Å². The molecule has 0 saturated carbocycles. The van der Waals surface area contributed by atoms with Gasteiger partial charge in [0.15, 0.2) is 0 Å². The third-order valence-electron chi connectivity index (χ3n) is 3.20. The molecular weight excluding hydrogens is 256 g/mol. The molecule has 0 aromatic carbocycles. The highest BCUT2D eigenvalue weighted by Crippen LogP contribution is 2.19. The zero-order chi connectivity index (χ0) is 14.0. The van der Waals surface area contributed by atoms with E-state index in [2.05, 4.69) is 47.5 Å². The van der Waals surface area contributed by atoms with Gasteiger partial charge in [0.25, 0.3) is 0 Å². The van der Waals surface area contributed by atoms with E-state index in [0.717, 1.165) is 29.6 Å². The molecule has 0 radical (unpaired) electrons. The molecule has 0 bridgehead atoms. The summed E-state index contributed by atoms with van der Waals surface area (Å²) in [5.74, 6) is 1.05. The number of nitrogens with one attached hydrogen (secondary N) is 1. The van der Waals surface area contributed by atoms with Crippen LogP contribution in [-0.2, 0) is 13.1 Å². The van der Waals surface area contributed by atoms with E-state index < -0.39 is 0 Å². The average molecular weight is 278 g/mol. The van der Waals surface area contributed by atoms with Gasteiger partial charge in [-0.25, -0.2) is 9.97 Å². The topological polar surface area (TPSA) is 42.7 Å². The molecule has 19 heavy (non-hydrogen) atoms. The lowest BCUT2D eigenvalue weighted by Gasteiger charge is -2.11. The van der Waals surface area contributed by atoms with Gasteiger partial charge < -0.3 is 9.88 Å². The van der Waals surface area contributed by atoms with E-state index in [9.17, 15) is 0 Å². The highest BCUT2D eigenvalue weighted by Gasteiger charge is 2.10. The summed E-state index contributed by atoms with van der Waals surface area (Å²) in [6, 6.07) is 0.480. The second kappa shape index (κ2) is 5.84. The van der Waals surface area contributed by atoms with Gasteiger partial charge in [0.2, 0.25) is 0 Å². The van der Waals surface area contributed by atoms with Gasteiger partial charge in [-0.15, -0.1) is 11.3 Å². The fourth-order valence-electron chi connectivity index (χ4n) is 1.92. The van der Waals surface area contributed by atoms with Gasteiger partial charge in [-0.05, 0) is 20.8 Å². The van der Waals surface area contributed by atoms with Crippen LogP contribution in [0.5, 0.6) is 0 Å². The maximum Gasteiger partial charge on any atom is 0.113 e. The molecule has 0 atom stereocenters. The van der Waals surface area contributed by atoms with E-state index in [1.807, 2.05) is 13.1 Å². The third kappa shape index (κ3) is 3.42. The van der Waals surface area contributed by atoms with E-state index >= 15 is 0 Å². The smallest absolute Gasteiger partial charge is 0.113 e. The first-order valence-corrected chi connectivity index (χ1v) is 7.46. The average Bonchev–Trinajstić information content (AvgIpc) is 2.83. The van der Waals surface area contributed by atoms with Crippen LogP contribution in [0.15, 0.2) is 6.20 Å². The van der Waals surface area contributed by atoms with Crippen molar-refractivity contribution in [2.75, 3.05) is 0 Å². The summed E-state index contributed by atoms with van der Waals surface area (Å²) in [5, 5.41) is 4.59. The molecule has 4 nitrogen and oxygen atoms in total. The predicted molar refractivity (Wildman–Crippen MR) is 79.6 cm³/mol. The molecule has 104 valence electrons. The van der Waals surface area contributed by atoms with Crippen LogP contribution in [0.4, 0.5) is 0 Å². The van der Waals surface area contributed by atoms with Gasteiger partial charge >= 0.3 is 0 Å². The summed E-state index contributed by atoms with van der Waals surface area (Å²) in [7, 11) is 0. The Morgan fingerprint density at radius 3 is 2.63 bits per heavy atom. The third-order valence-corrected chi connectivity index (χ3v) is 4.25. The van der Waals surface area contributed by atoms with Crippen LogP contribution in [0, 0.1) is 20.8 Å². The summed E-state index contributed by atoms with van der Waals surface area (Å²) >= 11 is 1.77. The minimum Gasteiger partial charge on any atom is -0.324 e. The van der Waals surface area contributed by atoms with Gasteiger partial charge in [0.05, 0.1) is 17.9 Å². The number of rotatable bonds is 5. The number of imidazole rings is 1. The molecule has 0 fully saturated rings. The number of hydrogen-bond donors (Lipinski definition) is 1. The zero-order valence-corrected chi connectivity index (χ0v) is 13.1. The molecule has 1 N–H and O–H groups in total. The Morgan fingerprint density at radius 2 is 2.05 bits per heavy atom. The molecule has 0 aliphatic heterocycles. The fraction of sp³-hybridized carbons (Fsp3) is 0.571. The first kappa shape index (κ1) is 14.2. The van der Waals surface area contributed by atoms with Crippen molar-refractivity contribution in [2.24, 2.45) is 0 Å². The van der Waals surface area contributed by atoms with Crippen LogP contribution >= 0.6 is 11.3 Å². The maximum atomic E-state index is 4.61. The van der Waals surface area contributed by atoms with Crippen molar-refractivity contribution < 1.29 is 0 Å². The fourth-order valence-corrected chi connectivity index (χ4v) is 2.85. The quantitative estimate of drug-likeness (QED) is 0.914. The molecule has 5 heteroatoms. The summed E-state index contributed by atoms with van der Waals surface area (Å²) < 4.78 is 2.24. The summed E-state index contributed by atoms with van der Waals surface area (Å²) in [5.41, 5.74) is 2.36. The van der Waals surface area contributed by atoms with E-state index in [0.29, 0.717) is 6.04 Å². The lowest BCUT2D eigenvalue weighted by atomic mass is 10.3. The Kier molecular flexibility index (Phi) is 4.37. The molecule has 2 heterocycles. The van der Waals surface area contributed by atoms with Gasteiger partial charge in [0, 0.05) is 23.7 Å². The van der Waals surface area contributed by atoms with Gasteiger partial charge in [-0.3, -0.25) is 0 Å². The molecule has 0 spiro atoms. The second-order valence-electron chi connectivity index (χ2n) is 5.17. The number of aryl methyl sites for hydroxylation is 3. The van der Waals surface area contributed by atoms with Gasteiger partial charge in [0.1, 0.15) is 10.8 Å². The molecule has 2 aromatic heterocycles. The summed E-state index contributed by atoms with van der Waals surface area (Å²) in [6.45, 7) is 12.2. The SMILES string of the molecule is Cc1nc(Cn2c(CNC(C)C)cnc2C)sc1C. The van der Waals surface area contributed by atoms with Crippen LogP contribution in [0.25, 0.3) is 0 Å². The number of hydrogen-bond acceptors (Lipinski definition) is 4. The van der Waals surface area contributed by atoms with Crippen molar-refractivity contribution in [3.8, 4) is 0 Å². The van der Waals surface area contributed by atoms with Crippen LogP contribution in [0.1, 0.15) is 40.9 Å². The first-order chi connectivity index (χ1) is 8.97. The van der Waals surface area contributed by atoms with Crippen LogP contribution in [0.3, 0.4) is 0 Å². The molecule has 0 unspecified atom stereocenters. The lowest BCUT2D eigenvalue weighted by Crippen LogP contribution is -2.23. The zero-order valence-electron chi connectivity index (χ0n) is 12.3. The molecular formula is C14H22N4S. The Bertz CT molecular complexity index is 534. The Balaban J connectivity index is 2.17. The monoisotopic (exact) mass is 278 g/mol. The Hall–Kier alpha value is -1.20. The number of thiazole rings is 1. The van der Waals surface area contributed by atoms with Crippen molar-refractivity contribution >= 4 is 11.3 Å². The molecule has 0 aliphatic carbocycles. The standard InChI is InChI=1S/C14H22N4S/c1-9(2)15-6-13-7-16-12(5)18(13)8-14-17-10(3)11(4)19-14/h7,9,15H,6,8H2,1-5H3. The highest BCUT2D eigenvalue weighted by molar-refractivity contribution is 7.11. The van der Waals surface area contributed by atoms with Gasteiger partial charge in [-0.2, -0.15) is 0 Å². The molecule has 2 rings (SSSR count). The normalized spacial score (nSPS) is 11.5. The van der Waals surface area contributed by atoms with Crippen molar-refractivity contribution in [1.29, 1.82) is 0 Å². The summed E-state index contributed by atoms with van der Waals surface area (Å²) in [4.78, 5) is 10.3. The van der Waals surface area contributed by atoms with E-state index in [-0.39, 0.29) is 0 Å². The van der Waals surface area contributed by atoms with Crippen molar-refractivity contribution in [3.63, 3.8) is 0 Å². The minimum atomic E-state index is 0.480. The van der Waals surface area contributed by atoms with Crippen molar-refractivity contribution in [2.45, 2.75) is 53.8 Å². The molecule has 0 saturated heterocycles. The lowest BCUT2D eigenvalue weighted by molar-refractivity contribution is 0.561. The predicted octanol–water partition coefficient (Wildman–Crippen LogP) is 2.81. The first-order valence-electron chi connectivity index (χ1n) is 6.64.